The maximum atomic E-state index is 14.1. The molecule has 0 heterocycles. The number of benzene rings is 3. The molecular weight excluding hydrogens is 480 g/mol. The van der Waals surface area contributed by atoms with E-state index in [4.69, 9.17) is 9.57 Å². The number of hydrogen-bond acceptors (Lipinski definition) is 6. The Balaban J connectivity index is 1.57. The molecule has 196 valence electrons. The maximum Gasteiger partial charge on any atom is 0.325 e. The van der Waals surface area contributed by atoms with E-state index in [-0.39, 0.29) is 25.7 Å². The molecule has 3 aromatic rings. The van der Waals surface area contributed by atoms with Crippen LogP contribution in [0.15, 0.2) is 91.0 Å². The lowest BCUT2D eigenvalue weighted by Crippen LogP contribution is -2.53. The van der Waals surface area contributed by atoms with Gasteiger partial charge in [-0.15, -0.1) is 0 Å². The topological polar surface area (TPSA) is 76.2 Å². The zero-order chi connectivity index (χ0) is 26.7. The fourth-order valence-corrected chi connectivity index (χ4v) is 4.73. The first kappa shape index (κ1) is 27.0. The van der Waals surface area contributed by atoms with Crippen molar-refractivity contribution in [2.75, 3.05) is 13.2 Å². The van der Waals surface area contributed by atoms with Crippen molar-refractivity contribution in [1.82, 2.24) is 9.96 Å². The number of esters is 1. The molecule has 1 atom stereocenters. The highest BCUT2D eigenvalue weighted by Gasteiger charge is 2.37. The Hall–Kier alpha value is -4.03. The molecule has 0 aliphatic heterocycles. The molecule has 3 aromatic carbocycles. The van der Waals surface area contributed by atoms with Crippen molar-refractivity contribution in [3.8, 4) is 0 Å². The molecule has 1 aliphatic carbocycles. The van der Waals surface area contributed by atoms with Gasteiger partial charge in [0, 0.05) is 12.1 Å². The molecule has 0 N–H and O–H groups in total. The van der Waals surface area contributed by atoms with Crippen LogP contribution in [-0.4, -0.2) is 53.0 Å². The van der Waals surface area contributed by atoms with Gasteiger partial charge in [0.15, 0.2) is 0 Å². The Labute approximate surface area is 223 Å². The standard InChI is InChI=1S/C31H32N2O5/c1-2-38-33(21-24-11-5-3-6-12-24)29(17-18-34)31(36)32(28-19-26-15-9-10-16-27(26)20-28)22-30(35)37-23-25-13-7-4-8-14-25/h3-17,28-29H,2,19-23H2,1H3. The second-order valence-electron chi connectivity index (χ2n) is 9.15. The van der Waals surface area contributed by atoms with Gasteiger partial charge in [-0.1, -0.05) is 84.9 Å². The second kappa shape index (κ2) is 13.5. The molecule has 0 radical (unpaired) electrons. The molecule has 1 aliphatic rings. The average molecular weight is 513 g/mol. The smallest absolute Gasteiger partial charge is 0.325 e. The van der Waals surface area contributed by atoms with Gasteiger partial charge in [0.25, 0.3) is 0 Å². The van der Waals surface area contributed by atoms with E-state index in [0.717, 1.165) is 28.3 Å². The van der Waals surface area contributed by atoms with Gasteiger partial charge >= 0.3 is 5.97 Å². The molecule has 7 heteroatoms. The van der Waals surface area contributed by atoms with Crippen molar-refractivity contribution in [3.63, 3.8) is 0 Å². The largest absolute Gasteiger partial charge is 0.459 e. The summed E-state index contributed by atoms with van der Waals surface area (Å²) in [6.07, 6.45) is 2.38. The summed E-state index contributed by atoms with van der Waals surface area (Å²) in [7, 11) is 0. The first-order chi connectivity index (χ1) is 18.6. The van der Waals surface area contributed by atoms with E-state index in [1.165, 1.54) is 9.96 Å². The molecule has 1 unspecified atom stereocenters. The highest BCUT2D eigenvalue weighted by molar-refractivity contribution is 5.89. The Kier molecular flexibility index (Phi) is 9.59. The summed E-state index contributed by atoms with van der Waals surface area (Å²) in [4.78, 5) is 46.0. The van der Waals surface area contributed by atoms with Gasteiger partial charge in [-0.25, -0.2) is 4.79 Å². The summed E-state index contributed by atoms with van der Waals surface area (Å²) in [6, 6.07) is 25.6. The van der Waals surface area contributed by atoms with Crippen LogP contribution in [0.1, 0.15) is 29.2 Å². The Bertz CT molecular complexity index is 1230. The normalized spacial score (nSPS) is 13.4. The molecule has 0 saturated heterocycles. The van der Waals surface area contributed by atoms with Gasteiger partial charge < -0.3 is 9.64 Å². The monoisotopic (exact) mass is 512 g/mol. The van der Waals surface area contributed by atoms with E-state index in [9.17, 15) is 14.4 Å². The van der Waals surface area contributed by atoms with Crippen LogP contribution in [-0.2, 0) is 50.0 Å². The predicted octanol–water partition coefficient (Wildman–Crippen LogP) is 3.94. The molecular formula is C31H32N2O5. The third-order valence-electron chi connectivity index (χ3n) is 6.56. The molecule has 7 nitrogen and oxygen atoms in total. The SMILES string of the molecule is CCON(Cc1ccccc1)C(C=C=O)C(=O)N(CC(=O)OCc1ccccc1)C1Cc2ccccc2C1. The van der Waals surface area contributed by atoms with Crippen LogP contribution in [0.25, 0.3) is 0 Å². The Morgan fingerprint density at radius 2 is 1.50 bits per heavy atom. The minimum absolute atomic E-state index is 0.114. The van der Waals surface area contributed by atoms with Gasteiger partial charge in [-0.05, 0) is 42.0 Å². The van der Waals surface area contributed by atoms with Crippen molar-refractivity contribution in [2.24, 2.45) is 0 Å². The van der Waals surface area contributed by atoms with Crippen LogP contribution in [0.5, 0.6) is 0 Å². The van der Waals surface area contributed by atoms with E-state index >= 15 is 0 Å². The number of nitrogens with zero attached hydrogens (tertiary/aromatic N) is 2. The van der Waals surface area contributed by atoms with Crippen molar-refractivity contribution in [1.29, 1.82) is 0 Å². The fourth-order valence-electron chi connectivity index (χ4n) is 4.73. The lowest BCUT2D eigenvalue weighted by Gasteiger charge is -2.34. The van der Waals surface area contributed by atoms with E-state index in [1.807, 2.05) is 91.9 Å². The van der Waals surface area contributed by atoms with Crippen molar-refractivity contribution >= 4 is 17.8 Å². The van der Waals surface area contributed by atoms with Crippen molar-refractivity contribution in [3.05, 3.63) is 113 Å². The Morgan fingerprint density at radius 3 is 2.08 bits per heavy atom. The minimum atomic E-state index is -1.06. The van der Waals surface area contributed by atoms with Crippen LogP contribution in [0.3, 0.4) is 0 Å². The summed E-state index contributed by atoms with van der Waals surface area (Å²) in [5.41, 5.74) is 4.06. The quantitative estimate of drug-likeness (QED) is 0.208. The molecule has 1 amide bonds. The molecule has 38 heavy (non-hydrogen) atoms. The zero-order valence-electron chi connectivity index (χ0n) is 21.5. The zero-order valence-corrected chi connectivity index (χ0v) is 21.5. The van der Waals surface area contributed by atoms with E-state index in [2.05, 4.69) is 0 Å². The third-order valence-corrected chi connectivity index (χ3v) is 6.56. The summed E-state index contributed by atoms with van der Waals surface area (Å²) in [6.45, 7) is 2.27. The molecule has 0 saturated carbocycles. The highest BCUT2D eigenvalue weighted by atomic mass is 16.7. The second-order valence-corrected chi connectivity index (χ2v) is 9.15. The first-order valence-electron chi connectivity index (χ1n) is 12.8. The van der Waals surface area contributed by atoms with Crippen molar-refractivity contribution < 1.29 is 24.0 Å². The van der Waals surface area contributed by atoms with E-state index in [1.54, 1.807) is 5.94 Å². The lowest BCUT2D eigenvalue weighted by atomic mass is 10.1. The molecule has 0 aromatic heterocycles. The molecule has 0 fully saturated rings. The van der Waals surface area contributed by atoms with Crippen LogP contribution in [0.2, 0.25) is 0 Å². The number of hydroxylamine groups is 2. The predicted molar refractivity (Wildman–Crippen MR) is 143 cm³/mol. The Morgan fingerprint density at radius 1 is 0.921 bits per heavy atom. The van der Waals surface area contributed by atoms with Gasteiger partial charge in [0.1, 0.15) is 25.1 Å². The molecule has 0 spiro atoms. The van der Waals surface area contributed by atoms with Gasteiger partial charge in [-0.2, -0.15) is 5.06 Å². The summed E-state index contributed by atoms with van der Waals surface area (Å²) < 4.78 is 5.52. The van der Waals surface area contributed by atoms with Crippen molar-refractivity contribution in [2.45, 2.75) is 45.0 Å². The van der Waals surface area contributed by atoms with Crippen LogP contribution < -0.4 is 0 Å². The van der Waals surface area contributed by atoms with E-state index < -0.39 is 17.9 Å². The number of carbonyl (C=O) groups excluding carboxylic acids is 3. The number of carbonyl (C=O) groups is 2. The summed E-state index contributed by atoms with van der Waals surface area (Å²) in [5, 5.41) is 1.48. The molecule has 4 rings (SSSR count). The lowest BCUT2D eigenvalue weighted by molar-refractivity contribution is -0.192. The number of fused-ring (bicyclic) bond motifs is 1. The minimum Gasteiger partial charge on any atom is -0.459 e. The summed E-state index contributed by atoms with van der Waals surface area (Å²) >= 11 is 0. The average Bonchev–Trinajstić information content (AvgIpc) is 3.38. The number of ether oxygens (including phenoxy) is 1. The third kappa shape index (κ3) is 7.05. The first-order valence-corrected chi connectivity index (χ1v) is 12.8. The molecule has 0 bridgehead atoms. The van der Waals surface area contributed by atoms with E-state index in [0.29, 0.717) is 19.4 Å². The van der Waals surface area contributed by atoms with Crippen LogP contribution in [0, 0.1) is 0 Å². The number of rotatable bonds is 12. The number of hydrogen-bond donors (Lipinski definition) is 0. The van der Waals surface area contributed by atoms with Gasteiger partial charge in [-0.3, -0.25) is 14.4 Å². The fraction of sp³-hybridized carbons (Fsp3) is 0.290. The van der Waals surface area contributed by atoms with Crippen LogP contribution in [0.4, 0.5) is 0 Å². The van der Waals surface area contributed by atoms with Crippen LogP contribution >= 0.6 is 0 Å². The van der Waals surface area contributed by atoms with Gasteiger partial charge in [0.05, 0.1) is 13.2 Å². The number of amides is 1. The maximum absolute atomic E-state index is 14.1. The summed E-state index contributed by atoms with van der Waals surface area (Å²) in [5.74, 6) is 0.850. The highest BCUT2D eigenvalue weighted by Crippen LogP contribution is 2.27. The van der Waals surface area contributed by atoms with Gasteiger partial charge in [0.2, 0.25) is 5.91 Å².